The zero-order chi connectivity index (χ0) is 14.6. The molecule has 1 atom stereocenters. The van der Waals surface area contributed by atoms with Gasteiger partial charge in [-0.1, -0.05) is 26.0 Å². The maximum Gasteiger partial charge on any atom is 0.305 e. The third-order valence-corrected chi connectivity index (χ3v) is 2.95. The van der Waals surface area contributed by atoms with E-state index in [9.17, 15) is 14.0 Å². The Hall–Kier alpha value is -1.91. The van der Waals surface area contributed by atoms with Crippen molar-refractivity contribution >= 4 is 11.9 Å². The summed E-state index contributed by atoms with van der Waals surface area (Å²) in [5.41, 5.74) is 0.322. The summed E-state index contributed by atoms with van der Waals surface area (Å²) in [6.45, 7) is 5.18. The van der Waals surface area contributed by atoms with Gasteiger partial charge in [0, 0.05) is 6.04 Å². The van der Waals surface area contributed by atoms with Gasteiger partial charge in [-0.05, 0) is 24.5 Å². The van der Waals surface area contributed by atoms with Crippen LogP contribution in [0.25, 0.3) is 0 Å². The minimum atomic E-state index is -0.997. The third kappa shape index (κ3) is 4.05. The Morgan fingerprint density at radius 2 is 2.00 bits per heavy atom. The van der Waals surface area contributed by atoms with Gasteiger partial charge in [-0.2, -0.15) is 0 Å². The molecule has 0 aliphatic heterocycles. The number of carbonyl (C=O) groups is 2. The van der Waals surface area contributed by atoms with E-state index in [2.05, 4.69) is 5.32 Å². The predicted octanol–water partition coefficient (Wildman–Crippen LogP) is 2.36. The molecule has 1 aromatic rings. The monoisotopic (exact) mass is 267 g/mol. The van der Waals surface area contributed by atoms with Gasteiger partial charge in [0.25, 0.3) is 5.91 Å². The molecule has 0 spiro atoms. The molecule has 0 saturated carbocycles. The van der Waals surface area contributed by atoms with E-state index >= 15 is 0 Å². The van der Waals surface area contributed by atoms with E-state index < -0.39 is 23.7 Å². The number of aliphatic carboxylic acids is 1. The lowest BCUT2D eigenvalue weighted by Crippen LogP contribution is -2.40. The van der Waals surface area contributed by atoms with E-state index in [1.54, 1.807) is 32.9 Å². The number of nitrogens with one attached hydrogen (secondary N) is 1. The lowest BCUT2D eigenvalue weighted by molar-refractivity contribution is -0.137. The molecule has 0 aliphatic carbocycles. The third-order valence-electron chi connectivity index (χ3n) is 2.95. The second-order valence-corrected chi connectivity index (χ2v) is 4.86. The Balaban J connectivity index is 2.88. The maximum absolute atomic E-state index is 13.8. The van der Waals surface area contributed by atoms with E-state index in [0.29, 0.717) is 5.56 Å². The average Bonchev–Trinajstić information content (AvgIpc) is 2.31. The standard InChI is InChI=1S/C14H18FNO3/c1-8(2)11(7-12(17)18)16-14(19)10-6-4-5-9(3)13(10)15/h4-6,8,11H,7H2,1-3H3,(H,16,19)(H,17,18). The number of carboxylic acids is 1. The van der Waals surface area contributed by atoms with Crippen molar-refractivity contribution in [3.05, 3.63) is 35.1 Å². The summed E-state index contributed by atoms with van der Waals surface area (Å²) in [7, 11) is 0. The number of halogens is 1. The summed E-state index contributed by atoms with van der Waals surface area (Å²) in [5, 5.41) is 11.4. The normalized spacial score (nSPS) is 12.3. The van der Waals surface area contributed by atoms with Crippen molar-refractivity contribution in [2.45, 2.75) is 33.2 Å². The van der Waals surface area contributed by atoms with Gasteiger partial charge in [-0.15, -0.1) is 0 Å². The van der Waals surface area contributed by atoms with Crippen LogP contribution in [0, 0.1) is 18.7 Å². The summed E-state index contributed by atoms with van der Waals surface area (Å²) in [6, 6.07) is 4.03. The highest BCUT2D eigenvalue weighted by Gasteiger charge is 2.21. The van der Waals surface area contributed by atoms with Crippen molar-refractivity contribution in [2.24, 2.45) is 5.92 Å². The minimum absolute atomic E-state index is 0.0482. The highest BCUT2D eigenvalue weighted by molar-refractivity contribution is 5.95. The van der Waals surface area contributed by atoms with Gasteiger partial charge in [-0.25, -0.2) is 4.39 Å². The molecule has 2 N–H and O–H groups in total. The van der Waals surface area contributed by atoms with Crippen LogP contribution in [0.4, 0.5) is 4.39 Å². The maximum atomic E-state index is 13.8. The van der Waals surface area contributed by atoms with Crippen molar-refractivity contribution < 1.29 is 19.1 Å². The van der Waals surface area contributed by atoms with E-state index in [-0.39, 0.29) is 17.9 Å². The van der Waals surface area contributed by atoms with Crippen LogP contribution in [0.1, 0.15) is 36.2 Å². The van der Waals surface area contributed by atoms with Crippen molar-refractivity contribution in [2.75, 3.05) is 0 Å². The van der Waals surface area contributed by atoms with E-state index in [4.69, 9.17) is 5.11 Å². The SMILES string of the molecule is Cc1cccc(C(=O)NC(CC(=O)O)C(C)C)c1F. The molecule has 0 heterocycles. The van der Waals surface area contributed by atoms with E-state index in [1.165, 1.54) is 6.07 Å². The molecule has 4 nitrogen and oxygen atoms in total. The molecule has 1 aromatic carbocycles. The summed E-state index contributed by atoms with van der Waals surface area (Å²) in [4.78, 5) is 22.7. The second kappa shape index (κ2) is 6.31. The first-order valence-corrected chi connectivity index (χ1v) is 6.10. The van der Waals surface area contributed by atoms with Crippen LogP contribution in [0.5, 0.6) is 0 Å². The van der Waals surface area contributed by atoms with Crippen LogP contribution in [0.3, 0.4) is 0 Å². The number of amides is 1. The van der Waals surface area contributed by atoms with Crippen LogP contribution in [-0.2, 0) is 4.79 Å². The average molecular weight is 267 g/mol. The largest absolute Gasteiger partial charge is 0.481 e. The van der Waals surface area contributed by atoms with Crippen molar-refractivity contribution in [1.82, 2.24) is 5.32 Å². The molecule has 1 unspecified atom stereocenters. The van der Waals surface area contributed by atoms with Crippen molar-refractivity contribution in [3.8, 4) is 0 Å². The summed E-state index contributed by atoms with van der Waals surface area (Å²) >= 11 is 0. The lowest BCUT2D eigenvalue weighted by Gasteiger charge is -2.20. The summed E-state index contributed by atoms with van der Waals surface area (Å²) < 4.78 is 13.8. The highest BCUT2D eigenvalue weighted by Crippen LogP contribution is 2.13. The number of benzene rings is 1. The summed E-state index contributed by atoms with van der Waals surface area (Å²) in [6.07, 6.45) is -0.184. The zero-order valence-corrected chi connectivity index (χ0v) is 11.2. The fourth-order valence-electron chi connectivity index (χ4n) is 1.71. The Morgan fingerprint density at radius 1 is 1.37 bits per heavy atom. The minimum Gasteiger partial charge on any atom is -0.481 e. The molecule has 5 heteroatoms. The summed E-state index contributed by atoms with van der Waals surface area (Å²) in [5.74, 6) is -2.20. The van der Waals surface area contributed by atoms with Crippen LogP contribution >= 0.6 is 0 Å². The van der Waals surface area contributed by atoms with Crippen LogP contribution in [0.2, 0.25) is 0 Å². The van der Waals surface area contributed by atoms with Gasteiger partial charge in [-0.3, -0.25) is 9.59 Å². The van der Waals surface area contributed by atoms with E-state index in [0.717, 1.165) is 0 Å². The number of aryl methyl sites for hydroxylation is 1. The molecule has 1 rings (SSSR count). The lowest BCUT2D eigenvalue weighted by atomic mass is 10.00. The number of hydrogen-bond acceptors (Lipinski definition) is 2. The Kier molecular flexibility index (Phi) is 5.03. The zero-order valence-electron chi connectivity index (χ0n) is 11.2. The molecule has 0 bridgehead atoms. The smallest absolute Gasteiger partial charge is 0.305 e. The quantitative estimate of drug-likeness (QED) is 0.860. The number of carbonyl (C=O) groups excluding carboxylic acids is 1. The molecule has 19 heavy (non-hydrogen) atoms. The first kappa shape index (κ1) is 15.1. The Labute approximate surface area is 111 Å². The molecule has 1 amide bonds. The van der Waals surface area contributed by atoms with Gasteiger partial charge in [0.15, 0.2) is 0 Å². The van der Waals surface area contributed by atoms with Gasteiger partial charge in [0.1, 0.15) is 5.82 Å². The molecule has 0 radical (unpaired) electrons. The fraction of sp³-hybridized carbons (Fsp3) is 0.429. The number of rotatable bonds is 5. The van der Waals surface area contributed by atoms with Gasteiger partial charge in [0.05, 0.1) is 12.0 Å². The molecule has 0 aliphatic rings. The van der Waals surface area contributed by atoms with Gasteiger partial charge < -0.3 is 10.4 Å². The first-order valence-electron chi connectivity index (χ1n) is 6.10. The van der Waals surface area contributed by atoms with Crippen LogP contribution in [-0.4, -0.2) is 23.0 Å². The topological polar surface area (TPSA) is 66.4 Å². The predicted molar refractivity (Wildman–Crippen MR) is 69.5 cm³/mol. The fourth-order valence-corrected chi connectivity index (χ4v) is 1.71. The van der Waals surface area contributed by atoms with Crippen molar-refractivity contribution in [3.63, 3.8) is 0 Å². The van der Waals surface area contributed by atoms with Crippen molar-refractivity contribution in [1.29, 1.82) is 0 Å². The molecule has 0 aromatic heterocycles. The van der Waals surface area contributed by atoms with Crippen LogP contribution < -0.4 is 5.32 Å². The van der Waals surface area contributed by atoms with Gasteiger partial charge in [0.2, 0.25) is 0 Å². The first-order chi connectivity index (χ1) is 8.82. The molecule has 0 saturated heterocycles. The Bertz CT molecular complexity index is 486. The second-order valence-electron chi connectivity index (χ2n) is 4.86. The molecular weight excluding hydrogens is 249 g/mol. The number of hydrogen-bond donors (Lipinski definition) is 2. The van der Waals surface area contributed by atoms with Gasteiger partial charge >= 0.3 is 5.97 Å². The molecule has 0 fully saturated rings. The highest BCUT2D eigenvalue weighted by atomic mass is 19.1. The molecule has 104 valence electrons. The Morgan fingerprint density at radius 3 is 2.53 bits per heavy atom. The number of carboxylic acid groups (broad SMARTS) is 1. The molecular formula is C14H18FNO3. The van der Waals surface area contributed by atoms with E-state index in [1.807, 2.05) is 0 Å². The van der Waals surface area contributed by atoms with Crippen LogP contribution in [0.15, 0.2) is 18.2 Å².